The van der Waals surface area contributed by atoms with E-state index in [9.17, 15) is 4.79 Å². The largest absolute Gasteiger partial charge is 0.444 e. The van der Waals surface area contributed by atoms with Crippen molar-refractivity contribution in [1.29, 1.82) is 0 Å². The number of carbonyl (C=O) groups is 1. The monoisotopic (exact) mass is 309 g/mol. The molecule has 1 heterocycles. The summed E-state index contributed by atoms with van der Waals surface area (Å²) in [6, 6.07) is 8.02. The normalized spacial score (nSPS) is 20.7. The Bertz CT molecular complexity index is 444. The Morgan fingerprint density at radius 1 is 1.56 bits per heavy atom. The number of rotatable bonds is 4. The van der Waals surface area contributed by atoms with Crippen LogP contribution in [0.1, 0.15) is 24.9 Å². The standard InChI is InChI=1S/C14H16BrNO2/c1-3-4-13-9-16(14(17)18-13)10(2)11-5-7-12(15)8-6-11/h3,5-8,10,13H,1,4,9H2,2H3. The summed E-state index contributed by atoms with van der Waals surface area (Å²) in [7, 11) is 0. The second-order valence-corrected chi connectivity index (χ2v) is 5.33. The van der Waals surface area contributed by atoms with Crippen molar-refractivity contribution in [3.63, 3.8) is 0 Å². The fraction of sp³-hybridized carbons (Fsp3) is 0.357. The highest BCUT2D eigenvalue weighted by Gasteiger charge is 2.33. The van der Waals surface area contributed by atoms with Gasteiger partial charge in [-0.15, -0.1) is 6.58 Å². The van der Waals surface area contributed by atoms with Crippen molar-refractivity contribution in [3.05, 3.63) is 47.0 Å². The van der Waals surface area contributed by atoms with E-state index in [1.165, 1.54) is 0 Å². The van der Waals surface area contributed by atoms with Gasteiger partial charge in [-0.05, 0) is 24.6 Å². The summed E-state index contributed by atoms with van der Waals surface area (Å²) in [5.41, 5.74) is 1.11. The first-order valence-electron chi connectivity index (χ1n) is 5.95. The molecular formula is C14H16BrNO2. The highest BCUT2D eigenvalue weighted by atomic mass is 79.9. The van der Waals surface area contributed by atoms with Crippen molar-refractivity contribution < 1.29 is 9.53 Å². The molecule has 0 saturated carbocycles. The van der Waals surface area contributed by atoms with Crippen LogP contribution in [-0.2, 0) is 4.74 Å². The van der Waals surface area contributed by atoms with E-state index in [0.29, 0.717) is 13.0 Å². The maximum absolute atomic E-state index is 11.8. The molecule has 1 amide bonds. The first-order valence-corrected chi connectivity index (χ1v) is 6.74. The van der Waals surface area contributed by atoms with Gasteiger partial charge in [-0.3, -0.25) is 4.90 Å². The van der Waals surface area contributed by atoms with E-state index < -0.39 is 0 Å². The van der Waals surface area contributed by atoms with Crippen molar-refractivity contribution in [1.82, 2.24) is 4.90 Å². The van der Waals surface area contributed by atoms with Crippen molar-refractivity contribution in [3.8, 4) is 0 Å². The number of ether oxygens (including phenoxy) is 1. The maximum Gasteiger partial charge on any atom is 0.410 e. The molecule has 18 heavy (non-hydrogen) atoms. The molecule has 3 nitrogen and oxygen atoms in total. The van der Waals surface area contributed by atoms with Crippen LogP contribution in [-0.4, -0.2) is 23.6 Å². The molecule has 1 fully saturated rings. The van der Waals surface area contributed by atoms with E-state index in [2.05, 4.69) is 22.5 Å². The Kier molecular flexibility index (Phi) is 4.07. The SMILES string of the molecule is C=CCC1CN(C(C)c2ccc(Br)cc2)C(=O)O1. The van der Waals surface area contributed by atoms with Crippen molar-refractivity contribution in [2.45, 2.75) is 25.5 Å². The minimum Gasteiger partial charge on any atom is -0.444 e. The molecule has 2 unspecified atom stereocenters. The second kappa shape index (κ2) is 5.57. The van der Waals surface area contributed by atoms with Gasteiger partial charge in [0, 0.05) is 10.9 Å². The average Bonchev–Trinajstić information content (AvgIpc) is 2.71. The number of nitrogens with zero attached hydrogens (tertiary/aromatic N) is 1. The summed E-state index contributed by atoms with van der Waals surface area (Å²) in [5.74, 6) is 0. The van der Waals surface area contributed by atoms with Gasteiger partial charge in [0.05, 0.1) is 12.6 Å². The molecule has 0 aromatic heterocycles. The lowest BCUT2D eigenvalue weighted by Crippen LogP contribution is -2.28. The number of carbonyl (C=O) groups excluding carboxylic acids is 1. The van der Waals surface area contributed by atoms with Gasteiger partial charge < -0.3 is 4.74 Å². The molecule has 0 spiro atoms. The van der Waals surface area contributed by atoms with Crippen LogP contribution < -0.4 is 0 Å². The van der Waals surface area contributed by atoms with E-state index in [-0.39, 0.29) is 18.2 Å². The third-order valence-corrected chi connectivity index (χ3v) is 3.68. The summed E-state index contributed by atoms with van der Waals surface area (Å²) in [6.07, 6.45) is 2.19. The van der Waals surface area contributed by atoms with E-state index in [4.69, 9.17) is 4.74 Å². The quantitative estimate of drug-likeness (QED) is 0.789. The molecule has 1 aromatic carbocycles. The first kappa shape index (κ1) is 13.1. The Labute approximate surface area is 116 Å². The maximum atomic E-state index is 11.8. The third-order valence-electron chi connectivity index (χ3n) is 3.15. The second-order valence-electron chi connectivity index (χ2n) is 4.41. The van der Waals surface area contributed by atoms with Crippen molar-refractivity contribution >= 4 is 22.0 Å². The highest BCUT2D eigenvalue weighted by Crippen LogP contribution is 2.27. The molecule has 2 atom stereocenters. The van der Waals surface area contributed by atoms with Crippen LogP contribution in [0.5, 0.6) is 0 Å². The van der Waals surface area contributed by atoms with Gasteiger partial charge in [0.15, 0.2) is 0 Å². The Morgan fingerprint density at radius 2 is 2.22 bits per heavy atom. The van der Waals surface area contributed by atoms with E-state index in [1.807, 2.05) is 31.2 Å². The van der Waals surface area contributed by atoms with Crippen molar-refractivity contribution in [2.75, 3.05) is 6.54 Å². The van der Waals surface area contributed by atoms with Crippen LogP contribution in [0, 0.1) is 0 Å². The first-order chi connectivity index (χ1) is 8.61. The van der Waals surface area contributed by atoms with Gasteiger partial charge in [-0.25, -0.2) is 4.79 Å². The number of amides is 1. The predicted octanol–water partition coefficient (Wildman–Crippen LogP) is 3.91. The van der Waals surface area contributed by atoms with Crippen LogP contribution in [0.25, 0.3) is 0 Å². The summed E-state index contributed by atoms with van der Waals surface area (Å²) in [6.45, 7) is 6.31. The van der Waals surface area contributed by atoms with Crippen LogP contribution in [0.2, 0.25) is 0 Å². The number of cyclic esters (lactones) is 1. The summed E-state index contributed by atoms with van der Waals surface area (Å²) >= 11 is 3.40. The highest BCUT2D eigenvalue weighted by molar-refractivity contribution is 9.10. The number of halogens is 1. The van der Waals surface area contributed by atoms with Gasteiger partial charge in [-0.2, -0.15) is 0 Å². The zero-order chi connectivity index (χ0) is 13.1. The summed E-state index contributed by atoms with van der Waals surface area (Å²) in [4.78, 5) is 13.6. The van der Waals surface area contributed by atoms with Crippen LogP contribution >= 0.6 is 15.9 Å². The zero-order valence-corrected chi connectivity index (χ0v) is 11.9. The van der Waals surface area contributed by atoms with Crippen molar-refractivity contribution in [2.24, 2.45) is 0 Å². The lowest BCUT2D eigenvalue weighted by atomic mass is 10.1. The Morgan fingerprint density at radius 3 is 2.83 bits per heavy atom. The Balaban J connectivity index is 2.09. The van der Waals surface area contributed by atoms with Gasteiger partial charge in [0.1, 0.15) is 6.10 Å². The van der Waals surface area contributed by atoms with E-state index in [1.54, 1.807) is 11.0 Å². The minimum atomic E-state index is -0.239. The molecule has 0 radical (unpaired) electrons. The Hall–Kier alpha value is -1.29. The smallest absolute Gasteiger partial charge is 0.410 e. The van der Waals surface area contributed by atoms with Crippen LogP contribution in [0.4, 0.5) is 4.79 Å². The minimum absolute atomic E-state index is 0.0282. The van der Waals surface area contributed by atoms with Gasteiger partial charge in [0.25, 0.3) is 0 Å². The summed E-state index contributed by atoms with van der Waals surface area (Å²) < 4.78 is 6.32. The van der Waals surface area contributed by atoms with Crippen LogP contribution in [0.3, 0.4) is 0 Å². The molecule has 0 bridgehead atoms. The molecule has 1 aliphatic heterocycles. The molecule has 1 aromatic rings. The molecule has 1 aliphatic rings. The molecule has 1 saturated heterocycles. The van der Waals surface area contributed by atoms with E-state index in [0.717, 1.165) is 10.0 Å². The predicted molar refractivity (Wildman–Crippen MR) is 74.3 cm³/mol. The fourth-order valence-corrected chi connectivity index (χ4v) is 2.35. The van der Waals surface area contributed by atoms with Gasteiger partial charge in [0.2, 0.25) is 0 Å². The molecular weight excluding hydrogens is 294 g/mol. The molecule has 4 heteroatoms. The van der Waals surface area contributed by atoms with Crippen LogP contribution in [0.15, 0.2) is 41.4 Å². The lowest BCUT2D eigenvalue weighted by Gasteiger charge is -2.22. The third kappa shape index (κ3) is 2.75. The van der Waals surface area contributed by atoms with Gasteiger partial charge in [-0.1, -0.05) is 34.1 Å². The fourth-order valence-electron chi connectivity index (χ4n) is 2.09. The number of hydrogen-bond acceptors (Lipinski definition) is 2. The topological polar surface area (TPSA) is 29.5 Å². The van der Waals surface area contributed by atoms with E-state index >= 15 is 0 Å². The summed E-state index contributed by atoms with van der Waals surface area (Å²) in [5, 5.41) is 0. The average molecular weight is 310 g/mol. The molecule has 0 aliphatic carbocycles. The molecule has 96 valence electrons. The van der Waals surface area contributed by atoms with Gasteiger partial charge >= 0.3 is 6.09 Å². The zero-order valence-electron chi connectivity index (χ0n) is 10.3. The molecule has 2 rings (SSSR count). The number of benzene rings is 1. The number of hydrogen-bond donors (Lipinski definition) is 0. The molecule has 0 N–H and O–H groups in total. The lowest BCUT2D eigenvalue weighted by molar-refractivity contribution is 0.129.